The average Bonchev–Trinajstić information content (AvgIpc) is 3.03. The van der Waals surface area contributed by atoms with E-state index in [0.29, 0.717) is 17.6 Å². The highest BCUT2D eigenvalue weighted by Crippen LogP contribution is 2.18. The quantitative estimate of drug-likeness (QED) is 0.909. The lowest BCUT2D eigenvalue weighted by Gasteiger charge is -2.11. The van der Waals surface area contributed by atoms with Crippen molar-refractivity contribution in [3.05, 3.63) is 47.9 Å². The first kappa shape index (κ1) is 14.5. The zero-order valence-electron chi connectivity index (χ0n) is 12.7. The largest absolute Gasteiger partial charge is 0.348 e. The summed E-state index contributed by atoms with van der Waals surface area (Å²) in [5.74, 6) is 0.488. The van der Waals surface area contributed by atoms with Gasteiger partial charge in [-0.05, 0) is 31.9 Å². The molecule has 1 saturated carbocycles. The van der Waals surface area contributed by atoms with Crippen molar-refractivity contribution in [1.82, 2.24) is 15.3 Å². The highest BCUT2D eigenvalue weighted by Gasteiger charge is 2.18. The molecule has 5 nitrogen and oxygen atoms in total. The van der Waals surface area contributed by atoms with Crippen LogP contribution in [0.3, 0.4) is 0 Å². The molecule has 0 saturated heterocycles. The van der Waals surface area contributed by atoms with E-state index in [1.54, 1.807) is 6.20 Å². The van der Waals surface area contributed by atoms with E-state index in [-0.39, 0.29) is 5.91 Å². The maximum absolute atomic E-state index is 12.1. The first-order valence-electron chi connectivity index (χ1n) is 7.67. The molecule has 0 unspecified atom stereocenters. The van der Waals surface area contributed by atoms with Crippen molar-refractivity contribution in [3.63, 3.8) is 0 Å². The fourth-order valence-corrected chi connectivity index (χ4v) is 2.62. The molecule has 1 aromatic heterocycles. The fraction of sp³-hybridized carbons (Fsp3) is 0.353. The molecule has 0 radical (unpaired) electrons. The highest BCUT2D eigenvalue weighted by molar-refractivity contribution is 5.92. The van der Waals surface area contributed by atoms with Gasteiger partial charge in [-0.1, -0.05) is 30.5 Å². The van der Waals surface area contributed by atoms with Crippen LogP contribution in [0.15, 0.2) is 36.7 Å². The number of hydrogen-bond acceptors (Lipinski definition) is 4. The summed E-state index contributed by atoms with van der Waals surface area (Å²) in [4.78, 5) is 20.5. The summed E-state index contributed by atoms with van der Waals surface area (Å²) in [6.45, 7) is 2.04. The van der Waals surface area contributed by atoms with Gasteiger partial charge in [0.25, 0.3) is 5.91 Å². The Balaban J connectivity index is 1.61. The van der Waals surface area contributed by atoms with Crippen LogP contribution in [0, 0.1) is 6.92 Å². The van der Waals surface area contributed by atoms with Gasteiger partial charge in [-0.15, -0.1) is 0 Å². The van der Waals surface area contributed by atoms with Crippen LogP contribution in [-0.4, -0.2) is 21.9 Å². The molecule has 2 aromatic rings. The average molecular weight is 296 g/mol. The number of nitrogens with zero attached hydrogens (tertiary/aromatic N) is 2. The Kier molecular flexibility index (Phi) is 4.32. The number of hydrogen-bond donors (Lipinski definition) is 2. The minimum absolute atomic E-state index is 0.138. The van der Waals surface area contributed by atoms with Crippen molar-refractivity contribution in [2.45, 2.75) is 38.6 Å². The molecule has 22 heavy (non-hydrogen) atoms. The maximum Gasteiger partial charge on any atom is 0.271 e. The van der Waals surface area contributed by atoms with Crippen LogP contribution in [0.2, 0.25) is 0 Å². The van der Waals surface area contributed by atoms with Crippen molar-refractivity contribution in [2.24, 2.45) is 0 Å². The Morgan fingerprint density at radius 2 is 1.82 bits per heavy atom. The standard InChI is InChI=1S/C17H20N4O/c1-12-6-8-14(9-7-12)20-16-11-18-15(10-19-16)17(22)21-13-4-2-3-5-13/h6-11,13H,2-5H2,1H3,(H,19,20)(H,21,22). The van der Waals surface area contributed by atoms with Crippen LogP contribution >= 0.6 is 0 Å². The van der Waals surface area contributed by atoms with Gasteiger partial charge in [0.05, 0.1) is 12.4 Å². The summed E-state index contributed by atoms with van der Waals surface area (Å²) in [6.07, 6.45) is 7.61. The summed E-state index contributed by atoms with van der Waals surface area (Å²) in [5.41, 5.74) is 2.51. The van der Waals surface area contributed by atoms with Gasteiger partial charge >= 0.3 is 0 Å². The normalized spacial score (nSPS) is 14.8. The summed E-state index contributed by atoms with van der Waals surface area (Å²) in [6, 6.07) is 8.31. The Morgan fingerprint density at radius 1 is 1.09 bits per heavy atom. The first-order chi connectivity index (χ1) is 10.7. The van der Waals surface area contributed by atoms with Crippen molar-refractivity contribution >= 4 is 17.4 Å². The zero-order chi connectivity index (χ0) is 15.4. The van der Waals surface area contributed by atoms with E-state index in [9.17, 15) is 4.79 Å². The first-order valence-corrected chi connectivity index (χ1v) is 7.67. The molecule has 1 heterocycles. The van der Waals surface area contributed by atoms with Gasteiger partial charge < -0.3 is 10.6 Å². The SMILES string of the molecule is Cc1ccc(Nc2cnc(C(=O)NC3CCCC3)cn2)cc1. The second-order valence-corrected chi connectivity index (χ2v) is 5.73. The smallest absolute Gasteiger partial charge is 0.271 e. The van der Waals surface area contributed by atoms with Crippen molar-refractivity contribution < 1.29 is 4.79 Å². The lowest BCUT2D eigenvalue weighted by Crippen LogP contribution is -2.33. The molecule has 1 fully saturated rings. The van der Waals surface area contributed by atoms with E-state index in [4.69, 9.17) is 0 Å². The summed E-state index contributed by atoms with van der Waals surface area (Å²) < 4.78 is 0. The third kappa shape index (κ3) is 3.61. The molecule has 2 N–H and O–H groups in total. The Hall–Kier alpha value is -2.43. The van der Waals surface area contributed by atoms with Gasteiger partial charge in [0, 0.05) is 11.7 Å². The number of rotatable bonds is 4. The van der Waals surface area contributed by atoms with E-state index < -0.39 is 0 Å². The summed E-state index contributed by atoms with van der Waals surface area (Å²) >= 11 is 0. The van der Waals surface area contributed by atoms with Gasteiger partial charge in [0.15, 0.2) is 0 Å². The van der Waals surface area contributed by atoms with E-state index in [2.05, 4.69) is 20.6 Å². The number of carbonyl (C=O) groups is 1. The number of carbonyl (C=O) groups excluding carboxylic acids is 1. The molecule has 0 bridgehead atoms. The third-order valence-corrected chi connectivity index (χ3v) is 3.90. The molecular weight excluding hydrogens is 276 g/mol. The van der Waals surface area contributed by atoms with Gasteiger partial charge in [-0.3, -0.25) is 4.79 Å². The van der Waals surface area contributed by atoms with Crippen molar-refractivity contribution in [1.29, 1.82) is 0 Å². The van der Waals surface area contributed by atoms with E-state index in [1.165, 1.54) is 24.6 Å². The lowest BCUT2D eigenvalue weighted by molar-refractivity contribution is 0.0932. The van der Waals surface area contributed by atoms with E-state index in [1.807, 2.05) is 31.2 Å². The minimum atomic E-state index is -0.138. The molecule has 1 aliphatic carbocycles. The number of amides is 1. The van der Waals surface area contributed by atoms with Gasteiger partial charge in [-0.2, -0.15) is 0 Å². The molecule has 0 atom stereocenters. The summed E-state index contributed by atoms with van der Waals surface area (Å²) in [5, 5.41) is 6.17. The molecule has 114 valence electrons. The molecule has 1 aromatic carbocycles. The van der Waals surface area contributed by atoms with Gasteiger partial charge in [0.2, 0.25) is 0 Å². The number of anilines is 2. The predicted octanol–water partition coefficient (Wildman–Crippen LogP) is 3.20. The third-order valence-electron chi connectivity index (χ3n) is 3.90. The molecule has 0 aliphatic heterocycles. The van der Waals surface area contributed by atoms with Crippen LogP contribution in [0.4, 0.5) is 11.5 Å². The predicted molar refractivity (Wildman–Crippen MR) is 86.2 cm³/mol. The number of benzene rings is 1. The molecule has 1 amide bonds. The maximum atomic E-state index is 12.1. The van der Waals surface area contributed by atoms with Crippen LogP contribution in [0.1, 0.15) is 41.7 Å². The number of nitrogens with one attached hydrogen (secondary N) is 2. The highest BCUT2D eigenvalue weighted by atomic mass is 16.1. The zero-order valence-corrected chi connectivity index (χ0v) is 12.7. The molecule has 5 heteroatoms. The van der Waals surface area contributed by atoms with Crippen LogP contribution in [0.5, 0.6) is 0 Å². The molecule has 0 spiro atoms. The van der Waals surface area contributed by atoms with Crippen molar-refractivity contribution in [2.75, 3.05) is 5.32 Å². The minimum Gasteiger partial charge on any atom is -0.348 e. The fourth-order valence-electron chi connectivity index (χ4n) is 2.62. The topological polar surface area (TPSA) is 66.9 Å². The molecular formula is C17H20N4O. The monoisotopic (exact) mass is 296 g/mol. The lowest BCUT2D eigenvalue weighted by atomic mass is 10.2. The van der Waals surface area contributed by atoms with Crippen molar-refractivity contribution in [3.8, 4) is 0 Å². The van der Waals surface area contributed by atoms with Crippen LogP contribution in [0.25, 0.3) is 0 Å². The molecule has 3 rings (SSSR count). The van der Waals surface area contributed by atoms with Crippen LogP contribution < -0.4 is 10.6 Å². The Bertz CT molecular complexity index is 631. The van der Waals surface area contributed by atoms with Crippen LogP contribution in [-0.2, 0) is 0 Å². The second kappa shape index (κ2) is 6.56. The second-order valence-electron chi connectivity index (χ2n) is 5.73. The Morgan fingerprint density at radius 3 is 2.45 bits per heavy atom. The molecule has 1 aliphatic rings. The number of aromatic nitrogens is 2. The van der Waals surface area contributed by atoms with Gasteiger partial charge in [0.1, 0.15) is 11.5 Å². The van der Waals surface area contributed by atoms with E-state index >= 15 is 0 Å². The Labute approximate surface area is 130 Å². The van der Waals surface area contributed by atoms with Gasteiger partial charge in [-0.25, -0.2) is 9.97 Å². The number of aryl methyl sites for hydroxylation is 1. The van der Waals surface area contributed by atoms with E-state index in [0.717, 1.165) is 18.5 Å². The summed E-state index contributed by atoms with van der Waals surface area (Å²) in [7, 11) is 0.